The molecular formula is C8H18N2O2S. The van der Waals surface area contributed by atoms with Gasteiger partial charge >= 0.3 is 0 Å². The molecule has 4 N–H and O–H groups in total. The molecule has 5 heteroatoms. The van der Waals surface area contributed by atoms with Crippen LogP contribution in [0.3, 0.4) is 0 Å². The molecule has 3 atom stereocenters. The molecule has 0 saturated heterocycles. The van der Waals surface area contributed by atoms with Gasteiger partial charge < -0.3 is 16.0 Å². The highest BCUT2D eigenvalue weighted by molar-refractivity contribution is 7.99. The van der Waals surface area contributed by atoms with Crippen LogP contribution in [0.15, 0.2) is 5.16 Å². The number of aliphatic hydroxyl groups is 1. The van der Waals surface area contributed by atoms with Crippen molar-refractivity contribution >= 4 is 17.6 Å². The molecule has 78 valence electrons. The highest BCUT2D eigenvalue weighted by atomic mass is 32.2. The van der Waals surface area contributed by atoms with Crippen molar-refractivity contribution in [3.63, 3.8) is 0 Å². The van der Waals surface area contributed by atoms with Gasteiger partial charge in [0.05, 0.1) is 6.10 Å². The van der Waals surface area contributed by atoms with E-state index in [-0.39, 0.29) is 23.1 Å². The Morgan fingerprint density at radius 2 is 2.00 bits per heavy atom. The van der Waals surface area contributed by atoms with Gasteiger partial charge in [0, 0.05) is 16.9 Å². The monoisotopic (exact) mass is 206 g/mol. The van der Waals surface area contributed by atoms with Crippen molar-refractivity contribution in [3.8, 4) is 0 Å². The van der Waals surface area contributed by atoms with Crippen LogP contribution in [0.5, 0.6) is 0 Å². The van der Waals surface area contributed by atoms with Gasteiger partial charge in [0.2, 0.25) is 0 Å². The zero-order chi connectivity index (χ0) is 10.4. The number of nitrogens with two attached hydrogens (primary N) is 1. The third-order valence-corrected chi connectivity index (χ3v) is 3.52. The van der Waals surface area contributed by atoms with Gasteiger partial charge in [0.25, 0.3) is 0 Å². The van der Waals surface area contributed by atoms with Gasteiger partial charge in [-0.05, 0) is 6.92 Å². The quantitative estimate of drug-likeness (QED) is 0.270. The number of hydrogen-bond acceptors (Lipinski definition) is 4. The second kappa shape index (κ2) is 6.10. The minimum Gasteiger partial charge on any atom is -0.409 e. The molecule has 0 bridgehead atoms. The summed E-state index contributed by atoms with van der Waals surface area (Å²) >= 11 is 1.61. The zero-order valence-corrected chi connectivity index (χ0v) is 9.08. The molecule has 0 aliphatic heterocycles. The molecule has 0 heterocycles. The Morgan fingerprint density at radius 3 is 2.38 bits per heavy atom. The largest absolute Gasteiger partial charge is 0.409 e. The highest BCUT2D eigenvalue weighted by Crippen LogP contribution is 2.17. The Morgan fingerprint density at radius 1 is 1.46 bits per heavy atom. The van der Waals surface area contributed by atoms with Gasteiger partial charge in [-0.25, -0.2) is 0 Å². The molecule has 0 aliphatic rings. The standard InChI is InChI=1S/C8H18N2O2S/c1-5(8(9)10-12)4-13-7(3)6(2)11/h5-7,11-12H,4H2,1-3H3,(H2,9,10). The number of oxime groups is 1. The molecule has 0 aromatic rings. The topological polar surface area (TPSA) is 78.8 Å². The second-order valence-electron chi connectivity index (χ2n) is 3.20. The summed E-state index contributed by atoms with van der Waals surface area (Å²) in [5, 5.41) is 20.7. The molecule has 0 amide bonds. The van der Waals surface area contributed by atoms with Crippen molar-refractivity contribution in [2.45, 2.75) is 32.1 Å². The van der Waals surface area contributed by atoms with E-state index in [1.165, 1.54) is 0 Å². The number of thioether (sulfide) groups is 1. The lowest BCUT2D eigenvalue weighted by molar-refractivity contribution is 0.196. The third-order valence-electron chi connectivity index (χ3n) is 1.91. The van der Waals surface area contributed by atoms with Crippen molar-refractivity contribution in [2.24, 2.45) is 16.8 Å². The van der Waals surface area contributed by atoms with E-state index in [0.29, 0.717) is 0 Å². The van der Waals surface area contributed by atoms with Crippen molar-refractivity contribution in [1.29, 1.82) is 0 Å². The average Bonchev–Trinajstić information content (AvgIpc) is 2.11. The normalized spacial score (nSPS) is 19.5. The van der Waals surface area contributed by atoms with E-state index in [4.69, 9.17) is 10.9 Å². The Bertz CT molecular complexity index is 174. The van der Waals surface area contributed by atoms with Crippen LogP contribution < -0.4 is 5.73 Å². The van der Waals surface area contributed by atoms with Crippen LogP contribution in [-0.2, 0) is 0 Å². The molecule has 0 aliphatic carbocycles. The van der Waals surface area contributed by atoms with Gasteiger partial charge in [-0.15, -0.1) is 0 Å². The molecule has 0 saturated carbocycles. The lowest BCUT2D eigenvalue weighted by Crippen LogP contribution is -2.25. The molecule has 0 aromatic carbocycles. The fraction of sp³-hybridized carbons (Fsp3) is 0.875. The summed E-state index contributed by atoms with van der Waals surface area (Å²) in [5.74, 6) is 1.03. The first-order valence-corrected chi connectivity index (χ1v) is 5.31. The summed E-state index contributed by atoms with van der Waals surface area (Å²) in [4.78, 5) is 0. The summed E-state index contributed by atoms with van der Waals surface area (Å²) in [6.07, 6.45) is -0.329. The Balaban J connectivity index is 3.76. The zero-order valence-electron chi connectivity index (χ0n) is 8.27. The Labute approximate surface area is 83.2 Å². The van der Waals surface area contributed by atoms with Gasteiger partial charge in [-0.3, -0.25) is 0 Å². The molecule has 0 fully saturated rings. The van der Waals surface area contributed by atoms with Crippen LogP contribution in [-0.4, -0.2) is 33.3 Å². The third kappa shape index (κ3) is 5.00. The van der Waals surface area contributed by atoms with Crippen LogP contribution in [0, 0.1) is 5.92 Å². The number of hydrogen-bond donors (Lipinski definition) is 3. The van der Waals surface area contributed by atoms with Gasteiger partial charge in [0.1, 0.15) is 5.84 Å². The van der Waals surface area contributed by atoms with Gasteiger partial charge in [-0.2, -0.15) is 11.8 Å². The van der Waals surface area contributed by atoms with Crippen LogP contribution in [0.2, 0.25) is 0 Å². The molecule has 13 heavy (non-hydrogen) atoms. The lowest BCUT2D eigenvalue weighted by atomic mass is 10.2. The number of aliphatic hydroxyl groups excluding tert-OH is 1. The van der Waals surface area contributed by atoms with Crippen LogP contribution in [0.1, 0.15) is 20.8 Å². The maximum absolute atomic E-state index is 9.20. The molecule has 0 spiro atoms. The maximum Gasteiger partial charge on any atom is 0.142 e. The molecule has 0 radical (unpaired) electrons. The smallest absolute Gasteiger partial charge is 0.142 e. The fourth-order valence-electron chi connectivity index (χ4n) is 0.619. The van der Waals surface area contributed by atoms with E-state index in [1.807, 2.05) is 13.8 Å². The van der Waals surface area contributed by atoms with E-state index in [0.717, 1.165) is 5.75 Å². The van der Waals surface area contributed by atoms with Crippen LogP contribution >= 0.6 is 11.8 Å². The Kier molecular flexibility index (Phi) is 5.90. The first kappa shape index (κ1) is 12.6. The molecule has 0 aromatic heterocycles. The molecule has 0 rings (SSSR count). The van der Waals surface area contributed by atoms with Crippen LogP contribution in [0.4, 0.5) is 0 Å². The number of nitrogens with zero attached hydrogens (tertiary/aromatic N) is 1. The fourth-order valence-corrected chi connectivity index (χ4v) is 1.66. The number of amidine groups is 1. The van der Waals surface area contributed by atoms with Crippen LogP contribution in [0.25, 0.3) is 0 Å². The minimum atomic E-state index is -0.329. The summed E-state index contributed by atoms with van der Waals surface area (Å²) < 4.78 is 0. The summed E-state index contributed by atoms with van der Waals surface area (Å²) in [6, 6.07) is 0. The second-order valence-corrected chi connectivity index (χ2v) is 4.62. The van der Waals surface area contributed by atoms with Gasteiger partial charge in [0.15, 0.2) is 0 Å². The summed E-state index contributed by atoms with van der Waals surface area (Å²) in [5.41, 5.74) is 5.40. The lowest BCUT2D eigenvalue weighted by Gasteiger charge is -2.16. The van der Waals surface area contributed by atoms with Crippen molar-refractivity contribution in [3.05, 3.63) is 0 Å². The predicted molar refractivity (Wildman–Crippen MR) is 56.2 cm³/mol. The van der Waals surface area contributed by atoms with Crippen molar-refractivity contribution in [2.75, 3.05) is 5.75 Å². The van der Waals surface area contributed by atoms with E-state index in [1.54, 1.807) is 18.7 Å². The van der Waals surface area contributed by atoms with E-state index in [9.17, 15) is 5.11 Å². The Hall–Kier alpha value is -0.420. The first-order chi connectivity index (χ1) is 5.99. The maximum atomic E-state index is 9.20. The predicted octanol–water partition coefficient (Wildman–Crippen LogP) is 0.871. The minimum absolute atomic E-state index is 0.0381. The van der Waals surface area contributed by atoms with Crippen molar-refractivity contribution < 1.29 is 10.3 Å². The van der Waals surface area contributed by atoms with E-state index >= 15 is 0 Å². The van der Waals surface area contributed by atoms with Crippen molar-refractivity contribution in [1.82, 2.24) is 0 Å². The number of rotatable bonds is 5. The van der Waals surface area contributed by atoms with Gasteiger partial charge in [-0.1, -0.05) is 19.0 Å². The average molecular weight is 206 g/mol. The van der Waals surface area contributed by atoms with E-state index in [2.05, 4.69) is 5.16 Å². The SMILES string of the molecule is CC(CSC(C)C(C)O)C(N)=NO. The summed E-state index contributed by atoms with van der Waals surface area (Å²) in [7, 11) is 0. The van der Waals surface area contributed by atoms with E-state index < -0.39 is 0 Å². The first-order valence-electron chi connectivity index (χ1n) is 4.26. The molecular weight excluding hydrogens is 188 g/mol. The molecule has 3 unspecified atom stereocenters. The molecule has 4 nitrogen and oxygen atoms in total. The summed E-state index contributed by atoms with van der Waals surface area (Å²) in [6.45, 7) is 5.59. The highest BCUT2D eigenvalue weighted by Gasteiger charge is 2.13.